The van der Waals surface area contributed by atoms with Gasteiger partial charge in [0.15, 0.2) is 0 Å². The first-order valence-corrected chi connectivity index (χ1v) is 5.71. The van der Waals surface area contributed by atoms with Crippen LogP contribution in [0.1, 0.15) is 25.0 Å². The number of nitrogens with one attached hydrogen (secondary N) is 1. The number of hydrogen-bond donors (Lipinski definition) is 1. The maximum atomic E-state index is 11.6. The molecule has 1 rings (SSSR count). The van der Waals surface area contributed by atoms with Gasteiger partial charge in [-0.05, 0) is 32.8 Å². The number of benzene rings is 1. The molecule has 0 aliphatic carbocycles. The van der Waals surface area contributed by atoms with Crippen LogP contribution in [0.25, 0.3) is 0 Å². The zero-order chi connectivity index (χ0) is 12.9. The molecule has 0 saturated heterocycles. The number of carbonyl (C=O) groups is 1. The van der Waals surface area contributed by atoms with E-state index in [1.165, 1.54) is 11.1 Å². The van der Waals surface area contributed by atoms with Crippen molar-refractivity contribution in [2.75, 3.05) is 6.54 Å². The van der Waals surface area contributed by atoms with Crippen molar-refractivity contribution >= 4 is 5.91 Å². The summed E-state index contributed by atoms with van der Waals surface area (Å²) in [6.07, 6.45) is 0.787. The molecule has 0 atom stereocenters. The molecule has 0 fully saturated rings. The summed E-state index contributed by atoms with van der Waals surface area (Å²) < 4.78 is 0. The number of hydrogen-bond acceptors (Lipinski definition) is 2. The summed E-state index contributed by atoms with van der Waals surface area (Å²) in [6, 6.07) is 10.2. The summed E-state index contributed by atoms with van der Waals surface area (Å²) in [7, 11) is 0. The van der Waals surface area contributed by atoms with Gasteiger partial charge in [0.2, 0.25) is 5.91 Å². The van der Waals surface area contributed by atoms with Gasteiger partial charge in [0.1, 0.15) is 5.41 Å². The molecule has 17 heavy (non-hydrogen) atoms. The van der Waals surface area contributed by atoms with Crippen molar-refractivity contribution in [3.63, 3.8) is 0 Å². The SMILES string of the molecule is Cc1cccc(CCNC(=O)C(C)(C)C#N)c1. The Morgan fingerprint density at radius 1 is 1.47 bits per heavy atom. The number of amides is 1. The van der Waals surface area contributed by atoms with Crippen LogP contribution in [0.5, 0.6) is 0 Å². The zero-order valence-corrected chi connectivity index (χ0v) is 10.6. The molecule has 90 valence electrons. The van der Waals surface area contributed by atoms with Crippen molar-refractivity contribution in [2.24, 2.45) is 5.41 Å². The zero-order valence-electron chi connectivity index (χ0n) is 10.6. The molecule has 0 aromatic heterocycles. The Balaban J connectivity index is 2.44. The molecule has 1 amide bonds. The molecule has 0 spiro atoms. The van der Waals surface area contributed by atoms with Crippen LogP contribution in [0.4, 0.5) is 0 Å². The lowest BCUT2D eigenvalue weighted by molar-refractivity contribution is -0.126. The molecule has 3 heteroatoms. The summed E-state index contributed by atoms with van der Waals surface area (Å²) in [5, 5.41) is 11.6. The second-order valence-electron chi connectivity index (χ2n) is 4.73. The number of rotatable bonds is 4. The lowest BCUT2D eigenvalue weighted by atomic mass is 9.95. The highest BCUT2D eigenvalue weighted by molar-refractivity contribution is 5.84. The van der Waals surface area contributed by atoms with Gasteiger partial charge in [0.05, 0.1) is 6.07 Å². The van der Waals surface area contributed by atoms with Crippen LogP contribution in [-0.4, -0.2) is 12.5 Å². The third-order valence-corrected chi connectivity index (χ3v) is 2.63. The third-order valence-electron chi connectivity index (χ3n) is 2.63. The molecule has 0 saturated carbocycles. The molecule has 0 aliphatic heterocycles. The van der Waals surface area contributed by atoms with E-state index in [2.05, 4.69) is 11.4 Å². The van der Waals surface area contributed by atoms with E-state index in [-0.39, 0.29) is 5.91 Å². The minimum absolute atomic E-state index is 0.215. The Bertz CT molecular complexity index is 444. The van der Waals surface area contributed by atoms with Crippen molar-refractivity contribution in [3.8, 4) is 6.07 Å². The Morgan fingerprint density at radius 3 is 2.76 bits per heavy atom. The van der Waals surface area contributed by atoms with Crippen LogP contribution in [0.3, 0.4) is 0 Å². The molecular weight excluding hydrogens is 212 g/mol. The standard InChI is InChI=1S/C14H18N2O/c1-11-5-4-6-12(9-11)7-8-16-13(17)14(2,3)10-15/h4-6,9H,7-8H2,1-3H3,(H,16,17). The van der Waals surface area contributed by atoms with Crippen LogP contribution in [0, 0.1) is 23.7 Å². The van der Waals surface area contributed by atoms with E-state index in [0.29, 0.717) is 6.54 Å². The summed E-state index contributed by atoms with van der Waals surface area (Å²) in [6.45, 7) is 5.85. The van der Waals surface area contributed by atoms with Crippen LogP contribution >= 0.6 is 0 Å². The molecule has 0 radical (unpaired) electrons. The van der Waals surface area contributed by atoms with Crippen LogP contribution < -0.4 is 5.32 Å². The highest BCUT2D eigenvalue weighted by Crippen LogP contribution is 2.12. The van der Waals surface area contributed by atoms with Gasteiger partial charge in [0.25, 0.3) is 0 Å². The average Bonchev–Trinajstić information content (AvgIpc) is 2.29. The summed E-state index contributed by atoms with van der Waals surface area (Å²) in [5.41, 5.74) is 1.46. The molecule has 0 unspecified atom stereocenters. The van der Waals surface area contributed by atoms with Gasteiger partial charge in [-0.3, -0.25) is 4.79 Å². The normalized spacial score (nSPS) is 10.7. The van der Waals surface area contributed by atoms with Gasteiger partial charge in [-0.25, -0.2) is 0 Å². The second-order valence-corrected chi connectivity index (χ2v) is 4.73. The first kappa shape index (κ1) is 13.2. The van der Waals surface area contributed by atoms with E-state index in [1.807, 2.05) is 31.2 Å². The number of nitrogens with zero attached hydrogens (tertiary/aromatic N) is 1. The van der Waals surface area contributed by atoms with Crippen molar-refractivity contribution in [1.29, 1.82) is 5.26 Å². The van der Waals surface area contributed by atoms with Crippen molar-refractivity contribution in [1.82, 2.24) is 5.32 Å². The summed E-state index contributed by atoms with van der Waals surface area (Å²) >= 11 is 0. The van der Waals surface area contributed by atoms with E-state index in [1.54, 1.807) is 13.8 Å². The van der Waals surface area contributed by atoms with E-state index in [9.17, 15) is 4.79 Å². The Hall–Kier alpha value is -1.82. The minimum Gasteiger partial charge on any atom is -0.354 e. The number of aryl methyl sites for hydroxylation is 1. The molecule has 1 aromatic rings. The quantitative estimate of drug-likeness (QED) is 0.862. The fourth-order valence-corrected chi connectivity index (χ4v) is 1.46. The van der Waals surface area contributed by atoms with Gasteiger partial charge in [-0.1, -0.05) is 29.8 Å². The predicted octanol–water partition coefficient (Wildman–Crippen LogP) is 2.20. The number of carbonyl (C=O) groups excluding carboxylic acids is 1. The molecule has 0 aliphatic rings. The fraction of sp³-hybridized carbons (Fsp3) is 0.429. The lowest BCUT2D eigenvalue weighted by Gasteiger charge is -2.14. The third kappa shape index (κ3) is 3.92. The molecule has 0 bridgehead atoms. The minimum atomic E-state index is -0.952. The van der Waals surface area contributed by atoms with Gasteiger partial charge < -0.3 is 5.32 Å². The van der Waals surface area contributed by atoms with E-state index in [4.69, 9.17) is 5.26 Å². The maximum Gasteiger partial charge on any atom is 0.239 e. The Labute approximate surface area is 102 Å². The molecule has 1 N–H and O–H groups in total. The first-order chi connectivity index (χ1) is 7.95. The van der Waals surface area contributed by atoms with E-state index < -0.39 is 5.41 Å². The monoisotopic (exact) mass is 230 g/mol. The Morgan fingerprint density at radius 2 is 2.18 bits per heavy atom. The smallest absolute Gasteiger partial charge is 0.239 e. The van der Waals surface area contributed by atoms with Crippen molar-refractivity contribution in [3.05, 3.63) is 35.4 Å². The van der Waals surface area contributed by atoms with E-state index in [0.717, 1.165) is 6.42 Å². The highest BCUT2D eigenvalue weighted by Gasteiger charge is 2.26. The van der Waals surface area contributed by atoms with Gasteiger partial charge >= 0.3 is 0 Å². The van der Waals surface area contributed by atoms with Crippen LogP contribution in [-0.2, 0) is 11.2 Å². The average molecular weight is 230 g/mol. The van der Waals surface area contributed by atoms with Crippen LogP contribution in [0.2, 0.25) is 0 Å². The Kier molecular flexibility index (Phi) is 4.28. The lowest BCUT2D eigenvalue weighted by Crippen LogP contribution is -2.36. The number of nitriles is 1. The summed E-state index contributed by atoms with van der Waals surface area (Å²) in [5.74, 6) is -0.215. The largest absolute Gasteiger partial charge is 0.354 e. The van der Waals surface area contributed by atoms with Crippen molar-refractivity contribution < 1.29 is 4.79 Å². The topological polar surface area (TPSA) is 52.9 Å². The second kappa shape index (κ2) is 5.49. The van der Waals surface area contributed by atoms with Gasteiger partial charge in [-0.2, -0.15) is 5.26 Å². The highest BCUT2D eigenvalue weighted by atomic mass is 16.2. The van der Waals surface area contributed by atoms with Crippen LogP contribution in [0.15, 0.2) is 24.3 Å². The van der Waals surface area contributed by atoms with Crippen molar-refractivity contribution in [2.45, 2.75) is 27.2 Å². The molecule has 3 nitrogen and oxygen atoms in total. The predicted molar refractivity (Wildman–Crippen MR) is 67.3 cm³/mol. The maximum absolute atomic E-state index is 11.6. The fourth-order valence-electron chi connectivity index (χ4n) is 1.46. The summed E-state index contributed by atoms with van der Waals surface area (Å²) in [4.78, 5) is 11.6. The molecular formula is C14H18N2O. The molecule has 1 aromatic carbocycles. The van der Waals surface area contributed by atoms with Gasteiger partial charge in [0, 0.05) is 6.54 Å². The molecule has 0 heterocycles. The van der Waals surface area contributed by atoms with Gasteiger partial charge in [-0.15, -0.1) is 0 Å². The first-order valence-electron chi connectivity index (χ1n) is 5.71. The van der Waals surface area contributed by atoms with E-state index >= 15 is 0 Å².